The first-order valence-electron chi connectivity index (χ1n) is 12.3. The quantitative estimate of drug-likeness (QED) is 0.421. The van der Waals surface area contributed by atoms with Crippen molar-refractivity contribution in [3.8, 4) is 0 Å². The third-order valence-electron chi connectivity index (χ3n) is 6.57. The highest BCUT2D eigenvalue weighted by molar-refractivity contribution is 4.91. The minimum atomic E-state index is 0.492. The van der Waals surface area contributed by atoms with Crippen molar-refractivity contribution in [2.45, 2.75) is 132 Å². The monoisotopic (exact) mass is 384 g/mol. The Hall–Kier alpha value is -0.0800. The molecule has 0 unspecified atom stereocenters. The van der Waals surface area contributed by atoms with Crippen LogP contribution in [0.1, 0.15) is 120 Å². The molecule has 0 radical (unpaired) electrons. The molecule has 0 bridgehead atoms. The molecule has 0 aromatic carbocycles. The highest BCUT2D eigenvalue weighted by Crippen LogP contribution is 2.48. The Morgan fingerprint density at radius 2 is 0.889 bits per heavy atom. The van der Waals surface area contributed by atoms with Gasteiger partial charge in [0.2, 0.25) is 0 Å². The van der Waals surface area contributed by atoms with Crippen LogP contribution >= 0.6 is 0 Å². The van der Waals surface area contributed by atoms with Crippen LogP contribution < -0.4 is 0 Å². The standard InChI is InChI=1S/C21H40O2.2C2H6/c1-5-15-22-19-11-7-17(8-12-19)21(3,4)18-9-13-20(14-10-18)23-16-6-2;2*1-2/h17-20H,5-16H2,1-4H3;2*1-2H3. The van der Waals surface area contributed by atoms with E-state index < -0.39 is 0 Å². The second-order valence-electron chi connectivity index (χ2n) is 8.51. The molecule has 2 heteroatoms. The molecule has 2 aliphatic rings. The van der Waals surface area contributed by atoms with Gasteiger partial charge in [-0.3, -0.25) is 0 Å². The van der Waals surface area contributed by atoms with Crippen molar-refractivity contribution in [1.29, 1.82) is 0 Å². The molecule has 0 amide bonds. The first-order valence-corrected chi connectivity index (χ1v) is 12.3. The fourth-order valence-corrected chi connectivity index (χ4v) is 4.85. The van der Waals surface area contributed by atoms with Gasteiger partial charge in [0.1, 0.15) is 0 Å². The maximum absolute atomic E-state index is 5.97. The van der Waals surface area contributed by atoms with Crippen molar-refractivity contribution in [1.82, 2.24) is 0 Å². The Bertz CT molecular complexity index is 280. The topological polar surface area (TPSA) is 18.5 Å². The lowest BCUT2D eigenvalue weighted by atomic mass is 9.60. The average molecular weight is 385 g/mol. The van der Waals surface area contributed by atoms with Crippen molar-refractivity contribution in [2.75, 3.05) is 13.2 Å². The molecule has 164 valence electrons. The lowest BCUT2D eigenvalue weighted by Crippen LogP contribution is -2.39. The summed E-state index contributed by atoms with van der Waals surface area (Å²) in [4.78, 5) is 0. The minimum Gasteiger partial charge on any atom is -0.378 e. The molecule has 0 aliphatic heterocycles. The van der Waals surface area contributed by atoms with Crippen LogP contribution in [0.4, 0.5) is 0 Å². The van der Waals surface area contributed by atoms with Crippen LogP contribution in [-0.4, -0.2) is 25.4 Å². The molecule has 2 rings (SSSR count). The summed E-state index contributed by atoms with van der Waals surface area (Å²) >= 11 is 0. The molecule has 27 heavy (non-hydrogen) atoms. The molecular weight excluding hydrogens is 332 g/mol. The Labute approximate surface area is 172 Å². The zero-order chi connectivity index (χ0) is 20.7. The molecule has 0 aromatic heterocycles. The molecule has 2 nitrogen and oxygen atoms in total. The van der Waals surface area contributed by atoms with Crippen molar-refractivity contribution in [3.63, 3.8) is 0 Å². The highest BCUT2D eigenvalue weighted by atomic mass is 16.5. The summed E-state index contributed by atoms with van der Waals surface area (Å²) in [5.74, 6) is 1.78. The fourth-order valence-electron chi connectivity index (χ4n) is 4.85. The molecule has 2 saturated carbocycles. The Morgan fingerprint density at radius 1 is 0.593 bits per heavy atom. The fraction of sp³-hybridized carbons (Fsp3) is 1.00. The maximum Gasteiger partial charge on any atom is 0.0575 e. The summed E-state index contributed by atoms with van der Waals surface area (Å²) in [7, 11) is 0. The molecule has 0 saturated heterocycles. The van der Waals surface area contributed by atoms with E-state index >= 15 is 0 Å². The van der Waals surface area contributed by atoms with Crippen molar-refractivity contribution in [2.24, 2.45) is 17.3 Å². The van der Waals surface area contributed by atoms with Crippen LogP contribution in [0.25, 0.3) is 0 Å². The van der Waals surface area contributed by atoms with E-state index in [1.807, 2.05) is 27.7 Å². The molecule has 2 aliphatic carbocycles. The van der Waals surface area contributed by atoms with E-state index in [1.165, 1.54) is 51.4 Å². The van der Waals surface area contributed by atoms with Crippen LogP contribution in [0, 0.1) is 17.3 Å². The van der Waals surface area contributed by atoms with Crippen LogP contribution in [0.3, 0.4) is 0 Å². The molecule has 0 spiro atoms. The molecule has 0 atom stereocenters. The van der Waals surface area contributed by atoms with Gasteiger partial charge in [0.05, 0.1) is 12.2 Å². The zero-order valence-corrected chi connectivity index (χ0v) is 20.1. The van der Waals surface area contributed by atoms with Gasteiger partial charge in [-0.15, -0.1) is 0 Å². The minimum absolute atomic E-state index is 0.492. The van der Waals surface area contributed by atoms with E-state index in [0.29, 0.717) is 17.6 Å². The summed E-state index contributed by atoms with van der Waals surface area (Å²) in [6.45, 7) is 19.4. The molecule has 2 fully saturated rings. The maximum atomic E-state index is 5.97. The van der Waals surface area contributed by atoms with Gasteiger partial charge in [-0.2, -0.15) is 0 Å². The van der Waals surface area contributed by atoms with E-state index in [0.717, 1.165) is 37.9 Å². The second kappa shape index (κ2) is 15.8. The third-order valence-corrected chi connectivity index (χ3v) is 6.57. The van der Waals surface area contributed by atoms with E-state index in [-0.39, 0.29) is 0 Å². The van der Waals surface area contributed by atoms with E-state index in [2.05, 4.69) is 27.7 Å². The number of ether oxygens (including phenoxy) is 2. The summed E-state index contributed by atoms with van der Waals surface area (Å²) < 4.78 is 11.9. The SMILES string of the molecule is CC.CC.CCCOC1CCC(C(C)(C)C2CCC(OCCC)CC2)CC1. The summed E-state index contributed by atoms with van der Waals surface area (Å²) in [6.07, 6.45) is 14.0. The second-order valence-corrected chi connectivity index (χ2v) is 8.51. The van der Waals surface area contributed by atoms with Crippen LogP contribution in [-0.2, 0) is 9.47 Å². The summed E-state index contributed by atoms with van der Waals surface area (Å²) in [6, 6.07) is 0. The van der Waals surface area contributed by atoms with E-state index in [1.54, 1.807) is 0 Å². The normalized spacial score (nSPS) is 28.4. The predicted octanol–water partition coefficient (Wildman–Crippen LogP) is 8.04. The van der Waals surface area contributed by atoms with Crippen molar-refractivity contribution < 1.29 is 9.47 Å². The molecular formula is C25H52O2. The van der Waals surface area contributed by atoms with Gasteiger partial charge in [0.15, 0.2) is 0 Å². The largest absolute Gasteiger partial charge is 0.378 e. The van der Waals surface area contributed by atoms with Crippen LogP contribution in [0.2, 0.25) is 0 Å². The van der Waals surface area contributed by atoms with E-state index in [9.17, 15) is 0 Å². The molecule has 0 heterocycles. The van der Waals surface area contributed by atoms with E-state index in [4.69, 9.17) is 9.47 Å². The van der Waals surface area contributed by atoms with Gasteiger partial charge in [-0.1, -0.05) is 55.4 Å². The van der Waals surface area contributed by atoms with Gasteiger partial charge >= 0.3 is 0 Å². The van der Waals surface area contributed by atoms with Gasteiger partial charge in [-0.05, 0) is 81.5 Å². The third kappa shape index (κ3) is 9.31. The average Bonchev–Trinajstić information content (AvgIpc) is 2.74. The number of hydrogen-bond acceptors (Lipinski definition) is 2. The predicted molar refractivity (Wildman–Crippen MR) is 120 cm³/mol. The molecule has 0 aromatic rings. The Balaban J connectivity index is 0.00000158. The summed E-state index contributed by atoms with van der Waals surface area (Å²) in [5, 5.41) is 0. The highest BCUT2D eigenvalue weighted by Gasteiger charge is 2.40. The van der Waals surface area contributed by atoms with Crippen molar-refractivity contribution in [3.05, 3.63) is 0 Å². The van der Waals surface area contributed by atoms with Gasteiger partial charge in [0.25, 0.3) is 0 Å². The first-order chi connectivity index (χ1) is 13.1. The molecule has 0 N–H and O–H groups in total. The van der Waals surface area contributed by atoms with Gasteiger partial charge in [0, 0.05) is 13.2 Å². The Kier molecular flexibility index (Phi) is 15.8. The lowest BCUT2D eigenvalue weighted by Gasteiger charge is -2.46. The first kappa shape index (κ1) is 26.9. The number of hydrogen-bond donors (Lipinski definition) is 0. The lowest BCUT2D eigenvalue weighted by molar-refractivity contribution is -0.0349. The Morgan fingerprint density at radius 3 is 1.15 bits per heavy atom. The summed E-state index contributed by atoms with van der Waals surface area (Å²) in [5.41, 5.74) is 0.492. The smallest absolute Gasteiger partial charge is 0.0575 e. The number of rotatable bonds is 8. The zero-order valence-electron chi connectivity index (χ0n) is 20.1. The van der Waals surface area contributed by atoms with Crippen molar-refractivity contribution >= 4 is 0 Å². The van der Waals surface area contributed by atoms with Crippen LogP contribution in [0.15, 0.2) is 0 Å². The van der Waals surface area contributed by atoms with Crippen LogP contribution in [0.5, 0.6) is 0 Å². The van der Waals surface area contributed by atoms with Gasteiger partial charge in [-0.25, -0.2) is 0 Å². The van der Waals surface area contributed by atoms with Gasteiger partial charge < -0.3 is 9.47 Å².